The zero-order valence-corrected chi connectivity index (χ0v) is 15.5. The summed E-state index contributed by atoms with van der Waals surface area (Å²) >= 11 is 5.84. The molecule has 3 rings (SSSR count). The van der Waals surface area contributed by atoms with E-state index in [9.17, 15) is 13.2 Å². The molecule has 8 nitrogen and oxygen atoms in total. The summed E-state index contributed by atoms with van der Waals surface area (Å²) in [7, 11) is -3.77. The first kappa shape index (κ1) is 18.9. The van der Waals surface area contributed by atoms with E-state index in [0.717, 1.165) is 0 Å². The van der Waals surface area contributed by atoms with Crippen LogP contribution in [0.3, 0.4) is 0 Å². The number of carbonyl (C=O) groups is 1. The molecule has 0 saturated heterocycles. The van der Waals surface area contributed by atoms with Crippen LogP contribution in [0.2, 0.25) is 5.02 Å². The van der Waals surface area contributed by atoms with Gasteiger partial charge in [0, 0.05) is 10.7 Å². The van der Waals surface area contributed by atoms with E-state index in [1.165, 1.54) is 0 Å². The van der Waals surface area contributed by atoms with E-state index in [-0.39, 0.29) is 18.2 Å². The van der Waals surface area contributed by atoms with E-state index < -0.39 is 21.1 Å². The van der Waals surface area contributed by atoms with Gasteiger partial charge in [0.15, 0.2) is 0 Å². The highest BCUT2D eigenvalue weighted by molar-refractivity contribution is 7.90. The van der Waals surface area contributed by atoms with Crippen molar-refractivity contribution in [2.24, 2.45) is 0 Å². The quantitative estimate of drug-likeness (QED) is 0.650. The number of nitrogens with zero attached hydrogens (tertiary/aromatic N) is 2. The molecule has 2 N–H and O–H groups in total. The Labute approximate surface area is 160 Å². The van der Waals surface area contributed by atoms with Crippen molar-refractivity contribution in [3.05, 3.63) is 71.1 Å². The lowest BCUT2D eigenvalue weighted by Gasteiger charge is -2.06. The first-order valence-electron chi connectivity index (χ1n) is 7.82. The summed E-state index contributed by atoms with van der Waals surface area (Å²) in [6.07, 6.45) is 0. The second-order valence-corrected chi connectivity index (χ2v) is 7.83. The van der Waals surface area contributed by atoms with Crippen LogP contribution in [0.1, 0.15) is 11.5 Å². The Hall–Kier alpha value is -2.91. The highest BCUT2D eigenvalue weighted by Crippen LogP contribution is 2.16. The fraction of sp³-hybridized carbons (Fsp3) is 0.118. The van der Waals surface area contributed by atoms with Crippen LogP contribution in [-0.2, 0) is 22.1 Å². The van der Waals surface area contributed by atoms with Crippen LogP contribution in [0.5, 0.6) is 0 Å². The second kappa shape index (κ2) is 8.19. The van der Waals surface area contributed by atoms with Gasteiger partial charge in [0.2, 0.25) is 15.7 Å². The van der Waals surface area contributed by atoms with Gasteiger partial charge in [-0.1, -0.05) is 53.1 Å². The lowest BCUT2D eigenvalue weighted by atomic mass is 10.2. The third kappa shape index (κ3) is 5.28. The van der Waals surface area contributed by atoms with Crippen molar-refractivity contribution in [2.75, 3.05) is 5.32 Å². The van der Waals surface area contributed by atoms with Crippen LogP contribution in [0.25, 0.3) is 0 Å². The van der Waals surface area contributed by atoms with Gasteiger partial charge in [-0.25, -0.2) is 13.2 Å². The topological polar surface area (TPSA) is 114 Å². The van der Waals surface area contributed by atoms with E-state index in [1.807, 2.05) is 0 Å². The number of benzene rings is 2. The molecule has 27 heavy (non-hydrogen) atoms. The summed E-state index contributed by atoms with van der Waals surface area (Å²) in [6, 6.07) is 14.8. The minimum Gasteiger partial charge on any atom is -0.411 e. The fourth-order valence-corrected chi connectivity index (χ4v) is 3.52. The average Bonchev–Trinajstić information content (AvgIpc) is 3.11. The number of anilines is 1. The normalized spacial score (nSPS) is 11.1. The highest BCUT2D eigenvalue weighted by Gasteiger charge is 2.23. The fourth-order valence-electron chi connectivity index (χ4n) is 2.19. The molecule has 0 aliphatic carbocycles. The van der Waals surface area contributed by atoms with E-state index >= 15 is 0 Å². The Kier molecular flexibility index (Phi) is 5.72. The van der Waals surface area contributed by atoms with E-state index in [1.54, 1.807) is 54.6 Å². The summed E-state index contributed by atoms with van der Waals surface area (Å²) in [5.41, 5.74) is 1.12. The van der Waals surface area contributed by atoms with Gasteiger partial charge in [-0.2, -0.15) is 0 Å². The number of hydrogen-bond acceptors (Lipinski definition) is 6. The van der Waals surface area contributed by atoms with E-state index in [4.69, 9.17) is 16.0 Å². The number of sulfone groups is 1. The third-order valence-electron chi connectivity index (χ3n) is 3.40. The van der Waals surface area contributed by atoms with Gasteiger partial charge in [-0.05, 0) is 23.8 Å². The number of aromatic nitrogens is 2. The molecule has 1 aromatic heterocycles. The molecule has 3 aromatic rings. The molecule has 2 amide bonds. The minimum absolute atomic E-state index is 0.0251. The lowest BCUT2D eigenvalue weighted by molar-refractivity contribution is 0.250. The Morgan fingerprint density at radius 3 is 2.59 bits per heavy atom. The maximum absolute atomic E-state index is 12.3. The molecule has 0 spiro atoms. The largest absolute Gasteiger partial charge is 0.411 e. The third-order valence-corrected chi connectivity index (χ3v) is 5.04. The predicted molar refractivity (Wildman–Crippen MR) is 98.9 cm³/mol. The molecular formula is C17H15ClN4O4S. The SMILES string of the molecule is O=C(NCc1nnc(S(=O)(=O)Cc2ccccc2)o1)Nc1cccc(Cl)c1. The van der Waals surface area contributed by atoms with Crippen molar-refractivity contribution >= 4 is 33.2 Å². The molecule has 2 aromatic carbocycles. The van der Waals surface area contributed by atoms with Gasteiger partial charge in [0.05, 0.1) is 12.3 Å². The maximum atomic E-state index is 12.3. The Morgan fingerprint density at radius 2 is 1.85 bits per heavy atom. The smallest absolute Gasteiger partial charge is 0.335 e. The molecule has 0 unspecified atom stereocenters. The predicted octanol–water partition coefficient (Wildman–Crippen LogP) is 3.02. The first-order valence-corrected chi connectivity index (χ1v) is 9.85. The summed E-state index contributed by atoms with van der Waals surface area (Å²) in [4.78, 5) is 11.9. The van der Waals surface area contributed by atoms with Crippen LogP contribution >= 0.6 is 11.6 Å². The van der Waals surface area contributed by atoms with Crippen molar-refractivity contribution < 1.29 is 17.6 Å². The van der Waals surface area contributed by atoms with Crippen molar-refractivity contribution in [3.8, 4) is 0 Å². The number of amides is 2. The van der Waals surface area contributed by atoms with Gasteiger partial charge >= 0.3 is 11.3 Å². The van der Waals surface area contributed by atoms with Crippen LogP contribution < -0.4 is 10.6 Å². The molecule has 0 aliphatic rings. The van der Waals surface area contributed by atoms with E-state index in [2.05, 4.69) is 20.8 Å². The maximum Gasteiger partial charge on any atom is 0.335 e. The number of hydrogen-bond donors (Lipinski definition) is 2. The molecular weight excluding hydrogens is 392 g/mol. The molecule has 0 fully saturated rings. The zero-order chi connectivity index (χ0) is 19.3. The van der Waals surface area contributed by atoms with Crippen molar-refractivity contribution in [3.63, 3.8) is 0 Å². The van der Waals surface area contributed by atoms with Gasteiger partial charge in [0.1, 0.15) is 0 Å². The molecule has 0 radical (unpaired) electrons. The number of nitrogens with one attached hydrogen (secondary N) is 2. The highest BCUT2D eigenvalue weighted by atomic mass is 35.5. The average molecular weight is 407 g/mol. The number of halogens is 1. The van der Waals surface area contributed by atoms with Gasteiger partial charge in [-0.3, -0.25) is 0 Å². The Morgan fingerprint density at radius 1 is 1.07 bits per heavy atom. The van der Waals surface area contributed by atoms with Crippen LogP contribution in [0, 0.1) is 0 Å². The zero-order valence-electron chi connectivity index (χ0n) is 13.9. The van der Waals surface area contributed by atoms with Gasteiger partial charge in [0.25, 0.3) is 0 Å². The summed E-state index contributed by atoms with van der Waals surface area (Å²) in [5, 5.41) is 12.3. The van der Waals surface area contributed by atoms with Crippen molar-refractivity contribution in [2.45, 2.75) is 17.5 Å². The Bertz CT molecular complexity index is 1040. The van der Waals surface area contributed by atoms with Crippen LogP contribution in [-0.4, -0.2) is 24.6 Å². The molecule has 1 heterocycles. The van der Waals surface area contributed by atoms with Crippen LogP contribution in [0.15, 0.2) is 64.2 Å². The number of rotatable bonds is 6. The summed E-state index contributed by atoms with van der Waals surface area (Å²) < 4.78 is 29.8. The van der Waals surface area contributed by atoms with Crippen LogP contribution in [0.4, 0.5) is 10.5 Å². The second-order valence-electron chi connectivity index (χ2n) is 5.52. The molecule has 0 bridgehead atoms. The molecule has 10 heteroatoms. The Balaban J connectivity index is 1.58. The minimum atomic E-state index is -3.77. The monoisotopic (exact) mass is 406 g/mol. The number of urea groups is 1. The van der Waals surface area contributed by atoms with Crippen molar-refractivity contribution in [1.29, 1.82) is 0 Å². The lowest BCUT2D eigenvalue weighted by Crippen LogP contribution is -2.28. The summed E-state index contributed by atoms with van der Waals surface area (Å²) in [5.74, 6) is -0.277. The standard InChI is InChI=1S/C17H15ClN4O4S/c18-13-7-4-8-14(9-13)20-16(23)19-10-15-21-22-17(26-15)27(24,25)11-12-5-2-1-3-6-12/h1-9H,10-11H2,(H2,19,20,23). The first-order chi connectivity index (χ1) is 12.9. The molecule has 0 aliphatic heterocycles. The molecule has 0 atom stereocenters. The van der Waals surface area contributed by atoms with Gasteiger partial charge in [-0.15, -0.1) is 5.10 Å². The van der Waals surface area contributed by atoms with E-state index in [0.29, 0.717) is 16.3 Å². The van der Waals surface area contributed by atoms with Crippen molar-refractivity contribution in [1.82, 2.24) is 15.5 Å². The molecule has 140 valence electrons. The molecule has 0 saturated carbocycles. The number of carbonyl (C=O) groups excluding carboxylic acids is 1. The summed E-state index contributed by atoms with van der Waals surface area (Å²) in [6.45, 7) is -0.125. The van der Waals surface area contributed by atoms with Gasteiger partial charge < -0.3 is 15.1 Å².